The number of sulfone groups is 1. The molecule has 0 aliphatic carbocycles. The van der Waals surface area contributed by atoms with E-state index in [0.29, 0.717) is 16.5 Å². The van der Waals surface area contributed by atoms with Crippen molar-refractivity contribution in [3.63, 3.8) is 0 Å². The number of benzene rings is 2. The molecule has 0 saturated carbocycles. The molecule has 2 aromatic rings. The smallest absolute Gasteiger partial charge is 0.179 e. The first kappa shape index (κ1) is 19.6. The minimum absolute atomic E-state index is 0.128. The number of piperazine rings is 1. The van der Waals surface area contributed by atoms with Crippen LogP contribution in [0.5, 0.6) is 0 Å². The van der Waals surface area contributed by atoms with Crippen LogP contribution in [0.4, 0.5) is 0 Å². The molecule has 140 valence electrons. The second kappa shape index (κ2) is 8.72. The third kappa shape index (κ3) is 5.44. The van der Waals surface area contributed by atoms with Crippen molar-refractivity contribution >= 4 is 33.0 Å². The summed E-state index contributed by atoms with van der Waals surface area (Å²) in [5.74, 6) is 0.128. The Bertz CT molecular complexity index is 833. The van der Waals surface area contributed by atoms with Gasteiger partial charge in [0.1, 0.15) is 0 Å². The normalized spacial score (nSPS) is 16.7. The van der Waals surface area contributed by atoms with Crippen LogP contribution in [0, 0.1) is 0 Å². The van der Waals surface area contributed by atoms with Gasteiger partial charge in [-0.2, -0.15) is 0 Å². The largest absolute Gasteiger partial charge is 0.300 e. The highest BCUT2D eigenvalue weighted by Crippen LogP contribution is 2.17. The molecule has 4 nitrogen and oxygen atoms in total. The summed E-state index contributed by atoms with van der Waals surface area (Å²) < 4.78 is 24.9. The molecule has 1 aliphatic heterocycles. The molecule has 0 aromatic heterocycles. The Morgan fingerprint density at radius 3 is 2.15 bits per heavy atom. The van der Waals surface area contributed by atoms with Gasteiger partial charge < -0.3 is 0 Å². The van der Waals surface area contributed by atoms with Crippen LogP contribution in [-0.4, -0.2) is 56.7 Å². The molecule has 26 heavy (non-hydrogen) atoms. The first-order valence-corrected chi connectivity index (χ1v) is 11.0. The number of halogens is 2. The maximum absolute atomic E-state index is 12.4. The lowest BCUT2D eigenvalue weighted by Gasteiger charge is -2.34. The van der Waals surface area contributed by atoms with E-state index in [1.807, 2.05) is 18.2 Å². The summed E-state index contributed by atoms with van der Waals surface area (Å²) in [6, 6.07) is 14.3. The zero-order valence-corrected chi connectivity index (χ0v) is 16.8. The Hall–Kier alpha value is -1.11. The molecule has 0 atom stereocenters. The average Bonchev–Trinajstić information content (AvgIpc) is 2.62. The molecule has 0 amide bonds. The fourth-order valence-corrected chi connectivity index (χ4v) is 4.70. The topological polar surface area (TPSA) is 40.6 Å². The van der Waals surface area contributed by atoms with Crippen LogP contribution in [0.3, 0.4) is 0 Å². The SMILES string of the molecule is O=S(=O)(CCN1CCN(Cc2cccc(Cl)c2)CC1)c1ccc(Cl)cc1. The zero-order chi connectivity index (χ0) is 18.6. The van der Waals surface area contributed by atoms with Crippen LogP contribution >= 0.6 is 23.2 Å². The van der Waals surface area contributed by atoms with Crippen LogP contribution < -0.4 is 0 Å². The number of rotatable bonds is 6. The predicted molar refractivity (Wildman–Crippen MR) is 107 cm³/mol. The van der Waals surface area contributed by atoms with Crippen LogP contribution in [0.1, 0.15) is 5.56 Å². The maximum atomic E-state index is 12.4. The van der Waals surface area contributed by atoms with Gasteiger partial charge >= 0.3 is 0 Å². The van der Waals surface area contributed by atoms with E-state index in [0.717, 1.165) is 37.7 Å². The monoisotopic (exact) mass is 412 g/mol. The lowest BCUT2D eigenvalue weighted by molar-refractivity contribution is 0.132. The van der Waals surface area contributed by atoms with Gasteiger partial charge in [0.05, 0.1) is 10.6 Å². The molecule has 1 fully saturated rings. The van der Waals surface area contributed by atoms with E-state index in [-0.39, 0.29) is 5.75 Å². The third-order valence-electron chi connectivity index (χ3n) is 4.61. The molecule has 3 rings (SSSR count). The summed E-state index contributed by atoms with van der Waals surface area (Å²) in [6.07, 6.45) is 0. The van der Waals surface area contributed by atoms with Gasteiger partial charge in [-0.1, -0.05) is 35.3 Å². The summed E-state index contributed by atoms with van der Waals surface area (Å²) in [5, 5.41) is 1.30. The number of hydrogen-bond acceptors (Lipinski definition) is 4. The van der Waals surface area contributed by atoms with Gasteiger partial charge in [-0.15, -0.1) is 0 Å². The molecule has 1 saturated heterocycles. The van der Waals surface area contributed by atoms with Crippen LogP contribution in [0.25, 0.3) is 0 Å². The number of nitrogens with zero attached hydrogens (tertiary/aromatic N) is 2. The van der Waals surface area contributed by atoms with E-state index in [2.05, 4.69) is 15.9 Å². The summed E-state index contributed by atoms with van der Waals surface area (Å²) in [5.41, 5.74) is 1.20. The Balaban J connectivity index is 1.47. The highest BCUT2D eigenvalue weighted by molar-refractivity contribution is 7.91. The van der Waals surface area contributed by atoms with Crippen LogP contribution in [0.15, 0.2) is 53.4 Å². The average molecular weight is 413 g/mol. The van der Waals surface area contributed by atoms with E-state index in [9.17, 15) is 8.42 Å². The lowest BCUT2D eigenvalue weighted by atomic mass is 10.2. The van der Waals surface area contributed by atoms with Gasteiger partial charge in [0.2, 0.25) is 0 Å². The Kier molecular flexibility index (Phi) is 6.59. The summed E-state index contributed by atoms with van der Waals surface area (Å²) in [6.45, 7) is 5.02. The van der Waals surface area contributed by atoms with Crippen molar-refractivity contribution in [1.29, 1.82) is 0 Å². The van der Waals surface area contributed by atoms with Gasteiger partial charge in [0.25, 0.3) is 0 Å². The second-order valence-electron chi connectivity index (χ2n) is 6.52. The van der Waals surface area contributed by atoms with E-state index in [1.54, 1.807) is 24.3 Å². The van der Waals surface area contributed by atoms with Gasteiger partial charge in [0.15, 0.2) is 9.84 Å². The fourth-order valence-electron chi connectivity index (χ4n) is 3.07. The highest BCUT2D eigenvalue weighted by atomic mass is 35.5. The predicted octanol–water partition coefficient (Wildman–Crippen LogP) is 3.58. The minimum Gasteiger partial charge on any atom is -0.300 e. The van der Waals surface area contributed by atoms with Crippen molar-refractivity contribution in [2.75, 3.05) is 38.5 Å². The molecule has 0 spiro atoms. The molecule has 7 heteroatoms. The molecule has 1 aliphatic rings. The first-order valence-electron chi connectivity index (χ1n) is 8.60. The first-order chi connectivity index (χ1) is 12.4. The molecule has 0 N–H and O–H groups in total. The molecular weight excluding hydrogens is 391 g/mol. The van der Waals surface area contributed by atoms with Crippen molar-refractivity contribution < 1.29 is 8.42 Å². The summed E-state index contributed by atoms with van der Waals surface area (Å²) in [7, 11) is -3.27. The number of hydrogen-bond donors (Lipinski definition) is 0. The van der Waals surface area contributed by atoms with Crippen LogP contribution in [0.2, 0.25) is 10.0 Å². The molecule has 1 heterocycles. The van der Waals surface area contributed by atoms with Crippen molar-refractivity contribution in [2.24, 2.45) is 0 Å². The molecule has 2 aromatic carbocycles. The van der Waals surface area contributed by atoms with Gasteiger partial charge in [0, 0.05) is 49.3 Å². The van der Waals surface area contributed by atoms with Crippen molar-refractivity contribution in [2.45, 2.75) is 11.4 Å². The quantitative estimate of drug-likeness (QED) is 0.726. The minimum atomic E-state index is -3.27. The third-order valence-corrected chi connectivity index (χ3v) is 6.81. The standard InChI is InChI=1S/C19H22Cl2N2O2S/c20-17-4-6-19(7-5-17)26(24,25)13-12-22-8-10-23(11-9-22)15-16-2-1-3-18(21)14-16/h1-7,14H,8-13,15H2. The van der Waals surface area contributed by atoms with E-state index in [1.165, 1.54) is 5.56 Å². The Morgan fingerprint density at radius 2 is 1.50 bits per heavy atom. The summed E-state index contributed by atoms with van der Waals surface area (Å²) in [4.78, 5) is 4.92. The lowest BCUT2D eigenvalue weighted by Crippen LogP contribution is -2.47. The highest BCUT2D eigenvalue weighted by Gasteiger charge is 2.20. The Morgan fingerprint density at radius 1 is 0.846 bits per heavy atom. The van der Waals surface area contributed by atoms with Crippen molar-refractivity contribution in [1.82, 2.24) is 9.80 Å². The van der Waals surface area contributed by atoms with Gasteiger partial charge in [-0.05, 0) is 42.0 Å². The van der Waals surface area contributed by atoms with Crippen molar-refractivity contribution in [3.8, 4) is 0 Å². The van der Waals surface area contributed by atoms with E-state index >= 15 is 0 Å². The van der Waals surface area contributed by atoms with Gasteiger partial charge in [-0.25, -0.2) is 8.42 Å². The maximum Gasteiger partial charge on any atom is 0.179 e. The van der Waals surface area contributed by atoms with E-state index < -0.39 is 9.84 Å². The molecular formula is C19H22Cl2N2O2S. The summed E-state index contributed by atoms with van der Waals surface area (Å²) >= 11 is 11.9. The molecule has 0 unspecified atom stereocenters. The second-order valence-corrected chi connectivity index (χ2v) is 9.50. The van der Waals surface area contributed by atoms with Crippen LogP contribution in [-0.2, 0) is 16.4 Å². The van der Waals surface area contributed by atoms with E-state index in [4.69, 9.17) is 23.2 Å². The zero-order valence-electron chi connectivity index (χ0n) is 14.4. The fraction of sp³-hybridized carbons (Fsp3) is 0.368. The molecule has 0 radical (unpaired) electrons. The Labute approximate surface area is 165 Å². The van der Waals surface area contributed by atoms with Crippen molar-refractivity contribution in [3.05, 3.63) is 64.1 Å². The molecule has 0 bridgehead atoms. The van der Waals surface area contributed by atoms with Gasteiger partial charge in [-0.3, -0.25) is 9.80 Å².